The second-order valence-corrected chi connectivity index (χ2v) is 5.40. The van der Waals surface area contributed by atoms with Crippen molar-refractivity contribution in [1.82, 2.24) is 4.72 Å². The molecule has 1 aromatic rings. The van der Waals surface area contributed by atoms with E-state index in [2.05, 4.69) is 4.72 Å². The van der Waals surface area contributed by atoms with Crippen LogP contribution in [-0.2, 0) is 10.0 Å². The number of hydrogen-bond acceptors (Lipinski definition) is 3. The lowest BCUT2D eigenvalue weighted by Crippen LogP contribution is -2.35. The van der Waals surface area contributed by atoms with E-state index in [9.17, 15) is 12.8 Å². The Morgan fingerprint density at radius 2 is 2.19 bits per heavy atom. The Morgan fingerprint density at radius 1 is 1.56 bits per heavy atom. The summed E-state index contributed by atoms with van der Waals surface area (Å²) < 4.78 is 38.4. The molecule has 1 unspecified atom stereocenters. The van der Waals surface area contributed by atoms with Gasteiger partial charge in [0, 0.05) is 6.04 Å². The molecule has 0 aliphatic heterocycles. The Hall–Kier alpha value is -0.690. The van der Waals surface area contributed by atoms with Gasteiger partial charge >= 0.3 is 0 Å². The molecule has 0 saturated carbocycles. The molecular weight excluding hydrogens is 257 g/mol. The van der Waals surface area contributed by atoms with E-state index in [0.29, 0.717) is 0 Å². The van der Waals surface area contributed by atoms with Crippen LogP contribution in [0.3, 0.4) is 0 Å². The molecule has 2 N–H and O–H groups in total. The molecule has 1 atom stereocenters. The molecule has 16 heavy (non-hydrogen) atoms. The zero-order valence-corrected chi connectivity index (χ0v) is 10.0. The van der Waals surface area contributed by atoms with Crippen LogP contribution in [0.15, 0.2) is 23.1 Å². The van der Waals surface area contributed by atoms with Gasteiger partial charge in [-0.2, -0.15) is 0 Å². The minimum Gasteiger partial charge on any atom is -0.395 e. The van der Waals surface area contributed by atoms with Crippen molar-refractivity contribution in [2.75, 3.05) is 6.61 Å². The smallest absolute Gasteiger partial charge is 0.240 e. The Labute approximate surface area is 98.1 Å². The van der Waals surface area contributed by atoms with Gasteiger partial charge in [-0.1, -0.05) is 11.6 Å². The standard InChI is InChI=1S/C9H11ClFNO3S/c1-6(5-13)12-16(14,15)7-2-3-9(11)8(10)4-7/h2-4,6,12-13H,5H2,1H3. The minimum absolute atomic E-state index is 0.140. The summed E-state index contributed by atoms with van der Waals surface area (Å²) in [6.45, 7) is 1.18. The average Bonchev–Trinajstić information content (AvgIpc) is 2.21. The van der Waals surface area contributed by atoms with Gasteiger partial charge in [0.15, 0.2) is 0 Å². The van der Waals surface area contributed by atoms with Crippen molar-refractivity contribution in [3.8, 4) is 0 Å². The molecule has 0 amide bonds. The van der Waals surface area contributed by atoms with Crippen LogP contribution in [0.4, 0.5) is 4.39 Å². The number of aliphatic hydroxyl groups excluding tert-OH is 1. The van der Waals surface area contributed by atoms with Crippen LogP contribution in [0.1, 0.15) is 6.92 Å². The molecule has 1 aromatic carbocycles. The SMILES string of the molecule is CC(CO)NS(=O)(=O)c1ccc(F)c(Cl)c1. The molecular formula is C9H11ClFNO3S. The fraction of sp³-hybridized carbons (Fsp3) is 0.333. The van der Waals surface area contributed by atoms with E-state index in [0.717, 1.165) is 18.2 Å². The zero-order valence-electron chi connectivity index (χ0n) is 8.44. The van der Waals surface area contributed by atoms with Crippen molar-refractivity contribution in [3.05, 3.63) is 29.0 Å². The van der Waals surface area contributed by atoms with Crippen LogP contribution >= 0.6 is 11.6 Å². The third kappa shape index (κ3) is 3.15. The summed E-state index contributed by atoms with van der Waals surface area (Å²) >= 11 is 5.47. The molecule has 0 bridgehead atoms. The summed E-state index contributed by atoms with van der Waals surface area (Å²) in [5, 5.41) is 8.47. The van der Waals surface area contributed by atoms with Crippen LogP contribution in [0.25, 0.3) is 0 Å². The van der Waals surface area contributed by atoms with Gasteiger partial charge in [0.05, 0.1) is 16.5 Å². The average molecular weight is 268 g/mol. The van der Waals surface area contributed by atoms with Crippen LogP contribution < -0.4 is 4.72 Å². The van der Waals surface area contributed by atoms with Gasteiger partial charge in [-0.05, 0) is 25.1 Å². The lowest BCUT2D eigenvalue weighted by Gasteiger charge is -2.11. The van der Waals surface area contributed by atoms with Crippen molar-refractivity contribution < 1.29 is 17.9 Å². The first-order valence-corrected chi connectivity index (χ1v) is 6.31. The van der Waals surface area contributed by atoms with Gasteiger partial charge in [0.25, 0.3) is 0 Å². The second-order valence-electron chi connectivity index (χ2n) is 3.28. The molecule has 90 valence electrons. The minimum atomic E-state index is -3.77. The molecule has 0 aromatic heterocycles. The van der Waals surface area contributed by atoms with Gasteiger partial charge < -0.3 is 5.11 Å². The normalized spacial score (nSPS) is 13.8. The predicted molar refractivity (Wildman–Crippen MR) is 58.3 cm³/mol. The van der Waals surface area contributed by atoms with E-state index in [-0.39, 0.29) is 16.5 Å². The third-order valence-corrected chi connectivity index (χ3v) is 3.71. The van der Waals surface area contributed by atoms with Crippen LogP contribution in [0, 0.1) is 5.82 Å². The summed E-state index contributed by atoms with van der Waals surface area (Å²) in [5.74, 6) is -0.684. The molecule has 0 spiro atoms. The second kappa shape index (κ2) is 5.09. The predicted octanol–water partition coefficient (Wildman–Crippen LogP) is 1.14. The van der Waals surface area contributed by atoms with E-state index < -0.39 is 21.9 Å². The molecule has 0 aliphatic carbocycles. The lowest BCUT2D eigenvalue weighted by molar-refractivity contribution is 0.265. The van der Waals surface area contributed by atoms with Crippen molar-refractivity contribution >= 4 is 21.6 Å². The molecule has 7 heteroatoms. The number of hydrogen-bond donors (Lipinski definition) is 2. The fourth-order valence-corrected chi connectivity index (χ4v) is 2.52. The first-order chi connectivity index (χ1) is 7.36. The summed E-state index contributed by atoms with van der Waals surface area (Å²) in [7, 11) is -3.77. The third-order valence-electron chi connectivity index (χ3n) is 1.83. The van der Waals surface area contributed by atoms with Crippen LogP contribution in [0.5, 0.6) is 0 Å². The Bertz CT molecular complexity index is 478. The maximum atomic E-state index is 12.8. The number of sulfonamides is 1. The summed E-state index contributed by atoms with van der Waals surface area (Å²) in [6.07, 6.45) is 0. The Kier molecular flexibility index (Phi) is 4.26. The monoisotopic (exact) mass is 267 g/mol. The molecule has 1 rings (SSSR count). The number of halogens is 2. The highest BCUT2D eigenvalue weighted by Crippen LogP contribution is 2.19. The maximum absolute atomic E-state index is 12.8. The number of benzene rings is 1. The number of rotatable bonds is 4. The molecule has 0 radical (unpaired) electrons. The highest BCUT2D eigenvalue weighted by molar-refractivity contribution is 7.89. The lowest BCUT2D eigenvalue weighted by atomic mass is 10.3. The fourth-order valence-electron chi connectivity index (χ4n) is 1.01. The molecule has 0 saturated heterocycles. The first-order valence-electron chi connectivity index (χ1n) is 4.45. The molecule has 0 aliphatic rings. The maximum Gasteiger partial charge on any atom is 0.240 e. The van der Waals surface area contributed by atoms with Crippen LogP contribution in [0.2, 0.25) is 5.02 Å². The zero-order chi connectivity index (χ0) is 12.3. The molecule has 0 fully saturated rings. The summed E-state index contributed by atoms with van der Waals surface area (Å²) in [6, 6.07) is 2.48. The number of aliphatic hydroxyl groups is 1. The van der Waals surface area contributed by atoms with Crippen molar-refractivity contribution in [3.63, 3.8) is 0 Å². The van der Waals surface area contributed by atoms with E-state index in [1.165, 1.54) is 6.92 Å². The highest BCUT2D eigenvalue weighted by atomic mass is 35.5. The van der Waals surface area contributed by atoms with Gasteiger partial charge in [-0.25, -0.2) is 17.5 Å². The van der Waals surface area contributed by atoms with Gasteiger partial charge in [0.1, 0.15) is 5.82 Å². The summed E-state index contributed by atoms with van der Waals surface area (Å²) in [4.78, 5) is -0.140. The largest absolute Gasteiger partial charge is 0.395 e. The van der Waals surface area contributed by atoms with Gasteiger partial charge in [-0.15, -0.1) is 0 Å². The van der Waals surface area contributed by atoms with E-state index >= 15 is 0 Å². The highest BCUT2D eigenvalue weighted by Gasteiger charge is 2.18. The topological polar surface area (TPSA) is 66.4 Å². The summed E-state index contributed by atoms with van der Waals surface area (Å²) in [5.41, 5.74) is 0. The van der Waals surface area contributed by atoms with Crippen molar-refractivity contribution in [1.29, 1.82) is 0 Å². The molecule has 0 heterocycles. The van der Waals surface area contributed by atoms with Crippen molar-refractivity contribution in [2.24, 2.45) is 0 Å². The van der Waals surface area contributed by atoms with E-state index in [4.69, 9.17) is 16.7 Å². The van der Waals surface area contributed by atoms with Gasteiger partial charge in [0.2, 0.25) is 10.0 Å². The van der Waals surface area contributed by atoms with Gasteiger partial charge in [-0.3, -0.25) is 0 Å². The Balaban J connectivity index is 3.03. The van der Waals surface area contributed by atoms with Crippen molar-refractivity contribution in [2.45, 2.75) is 17.9 Å². The first kappa shape index (κ1) is 13.4. The van der Waals surface area contributed by atoms with Crippen LogP contribution in [-0.4, -0.2) is 26.2 Å². The van der Waals surface area contributed by atoms with E-state index in [1.54, 1.807) is 0 Å². The Morgan fingerprint density at radius 3 is 2.69 bits per heavy atom. The molecule has 4 nitrogen and oxygen atoms in total. The quantitative estimate of drug-likeness (QED) is 0.860. The van der Waals surface area contributed by atoms with E-state index in [1.807, 2.05) is 0 Å². The number of nitrogens with one attached hydrogen (secondary N) is 1.